The van der Waals surface area contributed by atoms with Crippen molar-refractivity contribution < 1.29 is 31.1 Å². The maximum Gasteiger partial charge on any atom is 0.422 e. The van der Waals surface area contributed by atoms with E-state index in [1.807, 2.05) is 0 Å². The van der Waals surface area contributed by atoms with E-state index in [9.17, 15) is 13.2 Å². The highest BCUT2D eigenvalue weighted by atomic mass is 19.4. The van der Waals surface area contributed by atoms with Crippen LogP contribution in [0.2, 0.25) is 0 Å². The summed E-state index contributed by atoms with van der Waals surface area (Å²) < 4.78 is 91.7. The van der Waals surface area contributed by atoms with Crippen molar-refractivity contribution in [2.75, 3.05) is 0 Å². The Morgan fingerprint density at radius 3 is 1.69 bits per heavy atom. The Morgan fingerprint density at radius 1 is 0.686 bits per heavy atom. The summed E-state index contributed by atoms with van der Waals surface area (Å²) in [6.45, 7) is 4.31. The first-order valence-corrected chi connectivity index (χ1v) is 13.4. The van der Waals surface area contributed by atoms with Gasteiger partial charge in [-0.05, 0) is 92.6 Å². The zero-order valence-electron chi connectivity index (χ0n) is 20.8. The van der Waals surface area contributed by atoms with E-state index in [0.29, 0.717) is 43.4 Å². The lowest BCUT2D eigenvalue weighted by Gasteiger charge is -2.39. The molecule has 0 bridgehead atoms. The maximum absolute atomic E-state index is 15.2. The Bertz CT molecular complexity index is 842. The molecule has 3 aliphatic carbocycles. The molecule has 4 rings (SSSR count). The van der Waals surface area contributed by atoms with Gasteiger partial charge in [0.15, 0.2) is 0 Å². The highest BCUT2D eigenvalue weighted by molar-refractivity contribution is 5.42. The molecule has 0 unspecified atom stereocenters. The third-order valence-electron chi connectivity index (χ3n) is 9.09. The fraction of sp³-hybridized carbons (Fsp3) is 0.786. The van der Waals surface area contributed by atoms with Gasteiger partial charge in [-0.3, -0.25) is 0 Å². The molecule has 0 aliphatic heterocycles. The van der Waals surface area contributed by atoms with E-state index in [1.165, 1.54) is 18.9 Å². The quantitative estimate of drug-likeness (QED) is 0.363. The van der Waals surface area contributed by atoms with Crippen LogP contribution in [0, 0.1) is 35.4 Å². The molecule has 0 spiro atoms. The summed E-state index contributed by atoms with van der Waals surface area (Å²) in [6, 6.07) is 2.12. The zero-order chi connectivity index (χ0) is 25.4. The molecular weight excluding hydrogens is 466 g/mol. The van der Waals surface area contributed by atoms with Gasteiger partial charge >= 0.3 is 12.3 Å². The van der Waals surface area contributed by atoms with Gasteiger partial charge in [-0.25, -0.2) is 4.39 Å². The number of hydrogen-bond donors (Lipinski definition) is 0. The van der Waals surface area contributed by atoms with Crippen molar-refractivity contribution >= 4 is 0 Å². The lowest BCUT2D eigenvalue weighted by atomic mass is 9.69. The van der Waals surface area contributed by atoms with Crippen LogP contribution in [0.25, 0.3) is 0 Å². The van der Waals surface area contributed by atoms with Crippen molar-refractivity contribution in [3.63, 3.8) is 0 Å². The summed E-state index contributed by atoms with van der Waals surface area (Å²) in [5, 5.41) is 0. The van der Waals surface area contributed by atoms with Crippen molar-refractivity contribution in [1.82, 2.24) is 0 Å². The van der Waals surface area contributed by atoms with Crippen LogP contribution in [0.15, 0.2) is 12.1 Å². The molecule has 1 nitrogen and oxygen atoms in total. The lowest BCUT2D eigenvalue weighted by molar-refractivity contribution is -0.227. The molecule has 7 heteroatoms. The van der Waals surface area contributed by atoms with Crippen LogP contribution in [-0.2, 0) is 6.18 Å². The molecule has 198 valence electrons. The first-order valence-electron chi connectivity index (χ1n) is 13.4. The second-order valence-corrected chi connectivity index (χ2v) is 11.6. The van der Waals surface area contributed by atoms with Gasteiger partial charge in [0, 0.05) is 0 Å². The zero-order valence-corrected chi connectivity index (χ0v) is 20.8. The van der Waals surface area contributed by atoms with E-state index in [-0.39, 0.29) is 24.3 Å². The molecule has 0 aromatic heterocycles. The minimum absolute atomic E-state index is 0.0396. The Morgan fingerprint density at radius 2 is 1.17 bits per heavy atom. The van der Waals surface area contributed by atoms with Crippen molar-refractivity contribution in [1.29, 1.82) is 0 Å². The van der Waals surface area contributed by atoms with Crippen molar-refractivity contribution in [3.05, 3.63) is 29.1 Å². The number of hydrogen-bond acceptors (Lipinski definition) is 1. The summed E-state index contributed by atoms with van der Waals surface area (Å²) in [6.07, 6.45) is 0.217. The number of rotatable bonds is 5. The summed E-state index contributed by atoms with van der Waals surface area (Å²) in [5.74, 6) is -1.93. The highest BCUT2D eigenvalue weighted by Crippen LogP contribution is 2.48. The maximum atomic E-state index is 15.2. The van der Waals surface area contributed by atoms with Crippen LogP contribution in [-0.4, -0.2) is 6.11 Å². The number of alkyl halides is 5. The number of ether oxygens (including phenoxy) is 1. The summed E-state index contributed by atoms with van der Waals surface area (Å²) in [5.41, 5.74) is -1.74. The van der Waals surface area contributed by atoms with Gasteiger partial charge in [-0.15, -0.1) is 0 Å². The van der Waals surface area contributed by atoms with Crippen LogP contribution in [0.1, 0.15) is 108 Å². The monoisotopic (exact) mass is 504 g/mol. The smallest absolute Gasteiger partial charge is 0.422 e. The van der Waals surface area contributed by atoms with Gasteiger partial charge in [0.1, 0.15) is 17.1 Å². The van der Waals surface area contributed by atoms with Crippen molar-refractivity contribution in [3.8, 4) is 5.75 Å². The second kappa shape index (κ2) is 10.5. The molecule has 35 heavy (non-hydrogen) atoms. The fourth-order valence-electron chi connectivity index (χ4n) is 6.72. The van der Waals surface area contributed by atoms with Crippen LogP contribution in [0.3, 0.4) is 0 Å². The Balaban J connectivity index is 1.47. The third-order valence-corrected chi connectivity index (χ3v) is 9.09. The topological polar surface area (TPSA) is 9.23 Å². The lowest BCUT2D eigenvalue weighted by Crippen LogP contribution is -2.39. The van der Waals surface area contributed by atoms with Gasteiger partial charge in [-0.1, -0.05) is 45.6 Å². The molecule has 0 saturated heterocycles. The predicted molar refractivity (Wildman–Crippen MR) is 124 cm³/mol. The first-order chi connectivity index (χ1) is 16.5. The molecule has 0 radical (unpaired) electrons. The van der Waals surface area contributed by atoms with Crippen molar-refractivity contribution in [2.45, 2.75) is 109 Å². The standard InChI is InChI=1S/C28H38F6O/c1-17-3-7-19(8-4-17)20-11-13-22(14-12-20)28(33,34)35-24-16-15-23(21-9-5-18(2)6-10-21)26(29)25(24)27(30,31)32/h15-22H,3-14H2,1-2H3. The van der Waals surface area contributed by atoms with Crippen LogP contribution in [0.5, 0.6) is 5.75 Å². The second-order valence-electron chi connectivity index (χ2n) is 11.6. The molecule has 0 heterocycles. The molecule has 0 amide bonds. The van der Waals surface area contributed by atoms with E-state index in [2.05, 4.69) is 13.8 Å². The molecule has 1 aromatic carbocycles. The van der Waals surface area contributed by atoms with Gasteiger partial charge < -0.3 is 4.74 Å². The first kappa shape index (κ1) is 26.7. The third kappa shape index (κ3) is 6.12. The SMILES string of the molecule is CC1CCC(c2ccc(OC(F)(F)C3CCC(C4CCC(C)CC4)CC3)c(C(F)(F)F)c2F)CC1. The van der Waals surface area contributed by atoms with E-state index < -0.39 is 35.3 Å². The highest BCUT2D eigenvalue weighted by Gasteiger charge is 2.48. The Kier molecular flexibility index (Phi) is 8.02. The normalized spacial score (nSPS) is 32.9. The number of benzene rings is 1. The largest absolute Gasteiger partial charge is 0.432 e. The molecule has 3 fully saturated rings. The number of halogens is 6. The van der Waals surface area contributed by atoms with Crippen molar-refractivity contribution in [2.24, 2.45) is 29.6 Å². The molecule has 1 aromatic rings. The summed E-state index contributed by atoms with van der Waals surface area (Å²) in [4.78, 5) is 0. The summed E-state index contributed by atoms with van der Waals surface area (Å²) in [7, 11) is 0. The van der Waals surface area contributed by atoms with E-state index >= 15 is 13.2 Å². The van der Waals surface area contributed by atoms with Gasteiger partial charge in [0.05, 0.1) is 5.92 Å². The van der Waals surface area contributed by atoms with Crippen LogP contribution in [0.4, 0.5) is 26.3 Å². The van der Waals surface area contributed by atoms with E-state index in [1.54, 1.807) is 0 Å². The summed E-state index contributed by atoms with van der Waals surface area (Å²) >= 11 is 0. The predicted octanol–water partition coefficient (Wildman–Crippen LogP) is 9.74. The van der Waals surface area contributed by atoms with Gasteiger partial charge in [-0.2, -0.15) is 22.0 Å². The van der Waals surface area contributed by atoms with Gasteiger partial charge in [0.2, 0.25) is 0 Å². The molecular formula is C28H38F6O. The fourth-order valence-corrected chi connectivity index (χ4v) is 6.72. The molecule has 3 saturated carbocycles. The average molecular weight is 505 g/mol. The van der Waals surface area contributed by atoms with E-state index in [4.69, 9.17) is 4.74 Å². The minimum Gasteiger partial charge on any atom is -0.432 e. The molecule has 3 aliphatic rings. The molecule has 0 atom stereocenters. The van der Waals surface area contributed by atoms with Gasteiger partial charge in [0.25, 0.3) is 0 Å². The van der Waals surface area contributed by atoms with Crippen LogP contribution < -0.4 is 4.74 Å². The van der Waals surface area contributed by atoms with E-state index in [0.717, 1.165) is 37.7 Å². The Hall–Kier alpha value is -1.40. The Labute approximate surface area is 205 Å². The van der Waals surface area contributed by atoms with Crippen LogP contribution >= 0.6 is 0 Å². The molecule has 0 N–H and O–H groups in total. The average Bonchev–Trinajstić information content (AvgIpc) is 2.79. The minimum atomic E-state index is -5.12.